The highest BCUT2D eigenvalue weighted by Gasteiger charge is 2.35. The molecule has 7 heteroatoms. The van der Waals surface area contributed by atoms with E-state index in [1.165, 1.54) is 22.6 Å². The predicted octanol–water partition coefficient (Wildman–Crippen LogP) is 4.61. The van der Waals surface area contributed by atoms with Crippen LogP contribution in [0.25, 0.3) is 11.5 Å². The van der Waals surface area contributed by atoms with Crippen molar-refractivity contribution in [3.63, 3.8) is 0 Å². The number of amides is 1. The highest BCUT2D eigenvalue weighted by molar-refractivity contribution is 6.30. The van der Waals surface area contributed by atoms with Crippen LogP contribution in [0.15, 0.2) is 47.0 Å². The summed E-state index contributed by atoms with van der Waals surface area (Å²) in [7, 11) is 0. The fraction of sp³-hybridized carbons (Fsp3) is 0.250. The van der Waals surface area contributed by atoms with Crippen molar-refractivity contribution >= 4 is 23.2 Å². The van der Waals surface area contributed by atoms with Gasteiger partial charge in [-0.15, -0.1) is 0 Å². The van der Waals surface area contributed by atoms with Crippen molar-refractivity contribution in [3.8, 4) is 11.5 Å². The quantitative estimate of drug-likeness (QED) is 0.658. The number of carbonyl (C=O) groups excluding carboxylic acids is 1. The minimum Gasteiger partial charge on any atom is -0.334 e. The van der Waals surface area contributed by atoms with Gasteiger partial charge in [0.2, 0.25) is 5.91 Å². The topological polar surface area (TPSA) is 59.2 Å². The standard InChI is InChI=1S/C20H17ClFN3O2/c1-2-12-3-5-13(6-4-12)20-23-19(24-27-20)14-9-18(26)25(11-14)17-8-7-15(21)10-16(17)22/h3-8,10,14H,2,9,11H2,1H3. The van der Waals surface area contributed by atoms with Crippen molar-refractivity contribution in [1.82, 2.24) is 10.1 Å². The molecule has 0 saturated carbocycles. The molecule has 27 heavy (non-hydrogen) atoms. The number of hydrogen-bond donors (Lipinski definition) is 0. The number of nitrogens with zero attached hydrogens (tertiary/aromatic N) is 3. The molecule has 1 aromatic heterocycles. The first-order valence-corrected chi connectivity index (χ1v) is 9.11. The molecular weight excluding hydrogens is 369 g/mol. The number of anilines is 1. The van der Waals surface area contributed by atoms with Crippen LogP contribution in [-0.2, 0) is 11.2 Å². The van der Waals surface area contributed by atoms with Crippen LogP contribution in [0.1, 0.15) is 30.7 Å². The van der Waals surface area contributed by atoms with Crippen LogP contribution in [0.3, 0.4) is 0 Å². The number of aryl methyl sites for hydroxylation is 1. The van der Waals surface area contributed by atoms with Crippen LogP contribution in [0.4, 0.5) is 10.1 Å². The molecule has 0 N–H and O–H groups in total. The van der Waals surface area contributed by atoms with E-state index < -0.39 is 5.82 Å². The van der Waals surface area contributed by atoms with Gasteiger partial charge in [-0.05, 0) is 42.3 Å². The number of rotatable bonds is 4. The Morgan fingerprint density at radius 2 is 2.04 bits per heavy atom. The molecule has 3 aromatic rings. The van der Waals surface area contributed by atoms with Gasteiger partial charge in [-0.1, -0.05) is 35.8 Å². The minimum absolute atomic E-state index is 0.181. The van der Waals surface area contributed by atoms with Crippen LogP contribution in [0, 0.1) is 5.82 Å². The summed E-state index contributed by atoms with van der Waals surface area (Å²) < 4.78 is 19.5. The summed E-state index contributed by atoms with van der Waals surface area (Å²) in [6, 6.07) is 12.2. The lowest BCUT2D eigenvalue weighted by molar-refractivity contribution is -0.117. The summed E-state index contributed by atoms with van der Waals surface area (Å²) >= 11 is 5.79. The second kappa shape index (κ2) is 7.12. The molecule has 1 aliphatic rings. The lowest BCUT2D eigenvalue weighted by Crippen LogP contribution is -2.25. The first-order valence-electron chi connectivity index (χ1n) is 8.73. The predicted molar refractivity (Wildman–Crippen MR) is 100 cm³/mol. The number of carbonyl (C=O) groups is 1. The maximum Gasteiger partial charge on any atom is 0.257 e. The fourth-order valence-corrected chi connectivity index (χ4v) is 3.37. The molecule has 1 amide bonds. The summed E-state index contributed by atoms with van der Waals surface area (Å²) in [6.07, 6.45) is 1.16. The second-order valence-electron chi connectivity index (χ2n) is 6.51. The van der Waals surface area contributed by atoms with Gasteiger partial charge in [0.05, 0.1) is 5.69 Å². The summed E-state index contributed by atoms with van der Waals surface area (Å²) in [5, 5.41) is 4.32. The lowest BCUT2D eigenvalue weighted by Gasteiger charge is -2.17. The van der Waals surface area contributed by atoms with E-state index in [0.717, 1.165) is 12.0 Å². The molecule has 1 unspecified atom stereocenters. The Morgan fingerprint density at radius 1 is 1.26 bits per heavy atom. The third-order valence-corrected chi connectivity index (χ3v) is 4.98. The first kappa shape index (κ1) is 17.7. The number of benzene rings is 2. The molecule has 5 nitrogen and oxygen atoms in total. The van der Waals surface area contributed by atoms with Gasteiger partial charge in [-0.3, -0.25) is 4.79 Å². The molecule has 2 heterocycles. The van der Waals surface area contributed by atoms with Gasteiger partial charge in [0, 0.05) is 29.5 Å². The van der Waals surface area contributed by atoms with Gasteiger partial charge >= 0.3 is 0 Å². The Morgan fingerprint density at radius 3 is 2.74 bits per heavy atom. The zero-order chi connectivity index (χ0) is 19.0. The van der Waals surface area contributed by atoms with Crippen LogP contribution >= 0.6 is 11.6 Å². The van der Waals surface area contributed by atoms with E-state index in [1.54, 1.807) is 6.07 Å². The van der Waals surface area contributed by atoms with Crippen molar-refractivity contribution in [2.24, 2.45) is 0 Å². The molecule has 1 saturated heterocycles. The summed E-state index contributed by atoms with van der Waals surface area (Å²) in [6.45, 7) is 2.39. The van der Waals surface area contributed by atoms with Gasteiger partial charge < -0.3 is 9.42 Å². The maximum absolute atomic E-state index is 14.2. The summed E-state index contributed by atoms with van der Waals surface area (Å²) in [4.78, 5) is 18.2. The molecule has 0 radical (unpaired) electrons. The van der Waals surface area contributed by atoms with Crippen molar-refractivity contribution in [2.75, 3.05) is 11.4 Å². The third kappa shape index (κ3) is 3.45. The third-order valence-electron chi connectivity index (χ3n) is 4.74. The normalized spacial score (nSPS) is 16.9. The van der Waals surface area contributed by atoms with Gasteiger partial charge in [0.15, 0.2) is 5.82 Å². The van der Waals surface area contributed by atoms with Crippen LogP contribution in [0.5, 0.6) is 0 Å². The van der Waals surface area contributed by atoms with Crippen LogP contribution in [0.2, 0.25) is 5.02 Å². The summed E-state index contributed by atoms with van der Waals surface area (Å²) in [5.41, 5.74) is 2.27. The van der Waals surface area contributed by atoms with E-state index in [4.69, 9.17) is 16.1 Å². The Hall–Kier alpha value is -2.73. The molecule has 1 fully saturated rings. The van der Waals surface area contributed by atoms with E-state index >= 15 is 0 Å². The van der Waals surface area contributed by atoms with E-state index in [-0.39, 0.29) is 29.0 Å². The Balaban J connectivity index is 1.54. The molecule has 0 spiro atoms. The fourth-order valence-electron chi connectivity index (χ4n) is 3.21. The van der Waals surface area contributed by atoms with Crippen molar-refractivity contribution in [2.45, 2.75) is 25.7 Å². The second-order valence-corrected chi connectivity index (χ2v) is 6.95. The molecule has 0 aliphatic carbocycles. The van der Waals surface area contributed by atoms with Gasteiger partial charge in [0.1, 0.15) is 5.82 Å². The lowest BCUT2D eigenvalue weighted by atomic mass is 10.1. The molecule has 138 valence electrons. The molecule has 1 aliphatic heterocycles. The largest absolute Gasteiger partial charge is 0.334 e. The van der Waals surface area contributed by atoms with Crippen LogP contribution in [-0.4, -0.2) is 22.6 Å². The highest BCUT2D eigenvalue weighted by atomic mass is 35.5. The zero-order valence-electron chi connectivity index (χ0n) is 14.7. The highest BCUT2D eigenvalue weighted by Crippen LogP contribution is 2.33. The van der Waals surface area contributed by atoms with E-state index in [0.29, 0.717) is 18.3 Å². The molecule has 0 bridgehead atoms. The zero-order valence-corrected chi connectivity index (χ0v) is 15.4. The van der Waals surface area contributed by atoms with Crippen LogP contribution < -0.4 is 4.90 Å². The summed E-state index contributed by atoms with van der Waals surface area (Å²) in [5.74, 6) is -0.0906. The Labute approximate surface area is 160 Å². The van der Waals surface area contributed by atoms with E-state index in [1.807, 2.05) is 24.3 Å². The maximum atomic E-state index is 14.2. The average Bonchev–Trinajstić information content (AvgIpc) is 3.29. The SMILES string of the molecule is CCc1ccc(-c2nc(C3CC(=O)N(c4ccc(Cl)cc4F)C3)no2)cc1. The van der Waals surface area contributed by atoms with Crippen molar-refractivity contribution in [1.29, 1.82) is 0 Å². The average molecular weight is 386 g/mol. The number of halogens is 2. The van der Waals surface area contributed by atoms with Gasteiger partial charge in [-0.2, -0.15) is 4.98 Å². The molecular formula is C20H17ClFN3O2. The molecule has 2 aromatic carbocycles. The Kier molecular flexibility index (Phi) is 4.66. The minimum atomic E-state index is -0.527. The van der Waals surface area contributed by atoms with Gasteiger partial charge in [-0.25, -0.2) is 4.39 Å². The molecule has 1 atom stereocenters. The molecule has 4 rings (SSSR count). The number of hydrogen-bond acceptors (Lipinski definition) is 4. The number of aromatic nitrogens is 2. The van der Waals surface area contributed by atoms with Gasteiger partial charge in [0.25, 0.3) is 5.89 Å². The first-order chi connectivity index (χ1) is 13.0. The monoisotopic (exact) mass is 385 g/mol. The van der Waals surface area contributed by atoms with E-state index in [9.17, 15) is 9.18 Å². The Bertz CT molecular complexity index is 987. The van der Waals surface area contributed by atoms with E-state index in [2.05, 4.69) is 17.1 Å². The van der Waals surface area contributed by atoms with Crippen molar-refractivity contribution < 1.29 is 13.7 Å². The smallest absolute Gasteiger partial charge is 0.257 e. The van der Waals surface area contributed by atoms with Crippen molar-refractivity contribution in [3.05, 3.63) is 64.7 Å².